The number of piperidine rings is 2. The van der Waals surface area contributed by atoms with E-state index in [1.165, 1.54) is 6.07 Å². The van der Waals surface area contributed by atoms with Crippen LogP contribution in [-0.2, 0) is 11.3 Å². The molecule has 0 spiro atoms. The Morgan fingerprint density at radius 2 is 1.88 bits per heavy atom. The number of carbonyl (C=O) groups is 1. The summed E-state index contributed by atoms with van der Waals surface area (Å²) in [4.78, 5) is 15.6. The van der Waals surface area contributed by atoms with Gasteiger partial charge in [-0.1, -0.05) is 6.07 Å². The Morgan fingerprint density at radius 3 is 2.48 bits per heavy atom. The molecule has 2 aliphatic heterocycles. The molecule has 3 rings (SSSR count). The summed E-state index contributed by atoms with van der Waals surface area (Å²) in [6.45, 7) is 3.33. The van der Waals surface area contributed by atoms with E-state index >= 15 is 0 Å². The normalized spacial score (nSPS) is 26.7. The molecule has 2 fully saturated rings. The Labute approximate surface area is 146 Å². The van der Waals surface area contributed by atoms with Gasteiger partial charge in [0, 0.05) is 31.6 Å². The lowest BCUT2D eigenvalue weighted by molar-refractivity contribution is -0.123. The summed E-state index contributed by atoms with van der Waals surface area (Å²) in [5, 5.41) is 10.5. The molecule has 0 aliphatic carbocycles. The minimum atomic E-state index is -0.846. The molecule has 0 radical (unpaired) electrons. The van der Waals surface area contributed by atoms with Gasteiger partial charge in [-0.2, -0.15) is 0 Å². The van der Waals surface area contributed by atoms with Crippen LogP contribution in [0.3, 0.4) is 0 Å². The Balaban J connectivity index is 1.52. The van der Waals surface area contributed by atoms with Crippen molar-refractivity contribution in [1.82, 2.24) is 9.80 Å². The van der Waals surface area contributed by atoms with Crippen molar-refractivity contribution in [1.29, 1.82) is 0 Å². The molecule has 25 heavy (non-hydrogen) atoms. The van der Waals surface area contributed by atoms with Crippen LogP contribution >= 0.6 is 0 Å². The summed E-state index contributed by atoms with van der Waals surface area (Å²) >= 11 is 0. The van der Waals surface area contributed by atoms with Crippen LogP contribution in [0, 0.1) is 17.6 Å². The van der Waals surface area contributed by atoms with Crippen molar-refractivity contribution in [3.05, 3.63) is 35.4 Å². The van der Waals surface area contributed by atoms with Crippen molar-refractivity contribution >= 4 is 5.91 Å². The molecule has 2 heterocycles. The quantitative estimate of drug-likeness (QED) is 0.850. The highest BCUT2D eigenvalue weighted by molar-refractivity contribution is 5.76. The average Bonchev–Trinajstić information content (AvgIpc) is 2.58. The summed E-state index contributed by atoms with van der Waals surface area (Å²) in [6.07, 6.45) is 1.81. The highest BCUT2D eigenvalue weighted by atomic mass is 19.2. The molecule has 1 aromatic rings. The van der Waals surface area contributed by atoms with Crippen LogP contribution in [0.15, 0.2) is 18.2 Å². The monoisotopic (exact) mass is 353 g/mol. The second-order valence-corrected chi connectivity index (χ2v) is 7.12. The third kappa shape index (κ3) is 4.34. The summed E-state index contributed by atoms with van der Waals surface area (Å²) in [5.74, 6) is -1.98. The molecule has 0 aromatic heterocycles. The summed E-state index contributed by atoms with van der Waals surface area (Å²) in [5.41, 5.74) is 6.07. The van der Waals surface area contributed by atoms with Crippen molar-refractivity contribution in [3.8, 4) is 0 Å². The van der Waals surface area contributed by atoms with E-state index in [4.69, 9.17) is 5.73 Å². The number of aliphatic hydroxyl groups is 1. The maximum absolute atomic E-state index is 13.3. The van der Waals surface area contributed by atoms with Crippen molar-refractivity contribution in [3.63, 3.8) is 0 Å². The van der Waals surface area contributed by atoms with Gasteiger partial charge in [0.25, 0.3) is 0 Å². The van der Waals surface area contributed by atoms with Crippen molar-refractivity contribution in [2.45, 2.75) is 38.0 Å². The van der Waals surface area contributed by atoms with E-state index in [2.05, 4.69) is 9.80 Å². The van der Waals surface area contributed by atoms with Crippen LogP contribution < -0.4 is 5.73 Å². The number of nitrogens with two attached hydrogens (primary N) is 1. The van der Waals surface area contributed by atoms with Gasteiger partial charge >= 0.3 is 0 Å². The van der Waals surface area contributed by atoms with Gasteiger partial charge in [0.15, 0.2) is 11.6 Å². The Morgan fingerprint density at radius 1 is 1.16 bits per heavy atom. The van der Waals surface area contributed by atoms with Gasteiger partial charge in [-0.3, -0.25) is 14.6 Å². The standard InChI is InChI=1S/C18H25F2N3O2/c19-14-2-1-12(9-15(14)20)10-22-6-5-16(17(24)11-22)23-7-3-13(4-8-23)18(21)25/h1-2,9,13,16-17,24H,3-8,10-11H2,(H2,21,25)/t16-,17-/m1/s1. The SMILES string of the molecule is NC(=O)C1CCN([C@@H]2CCN(Cc3ccc(F)c(F)c3)C[C@H]2O)CC1. The third-order valence-electron chi connectivity index (χ3n) is 5.42. The number of amides is 1. The zero-order valence-electron chi connectivity index (χ0n) is 14.2. The van der Waals surface area contributed by atoms with Crippen LogP contribution in [0.4, 0.5) is 8.78 Å². The van der Waals surface area contributed by atoms with Crippen molar-refractivity contribution in [2.75, 3.05) is 26.2 Å². The lowest BCUT2D eigenvalue weighted by atomic mass is 9.92. The Bertz CT molecular complexity index is 620. The van der Waals surface area contributed by atoms with E-state index < -0.39 is 17.7 Å². The first-order valence-corrected chi connectivity index (χ1v) is 8.81. The number of halogens is 2. The predicted octanol–water partition coefficient (Wildman–Crippen LogP) is 1.10. The molecule has 138 valence electrons. The number of likely N-dealkylation sites (tertiary alicyclic amines) is 2. The van der Waals surface area contributed by atoms with E-state index in [-0.39, 0.29) is 17.9 Å². The van der Waals surface area contributed by atoms with Gasteiger partial charge < -0.3 is 10.8 Å². The van der Waals surface area contributed by atoms with Crippen LogP contribution in [0.25, 0.3) is 0 Å². The summed E-state index contributed by atoms with van der Waals surface area (Å²) in [6, 6.07) is 4.00. The molecule has 2 aliphatic rings. The molecule has 0 saturated carbocycles. The van der Waals surface area contributed by atoms with Gasteiger partial charge in [0.05, 0.1) is 6.10 Å². The number of carbonyl (C=O) groups excluding carboxylic acids is 1. The van der Waals surface area contributed by atoms with Crippen LogP contribution in [-0.4, -0.2) is 59.1 Å². The molecule has 3 N–H and O–H groups in total. The highest BCUT2D eigenvalue weighted by Crippen LogP contribution is 2.25. The largest absolute Gasteiger partial charge is 0.390 e. The molecule has 0 unspecified atom stereocenters. The number of primary amides is 1. The maximum Gasteiger partial charge on any atom is 0.220 e. The molecule has 7 heteroatoms. The Kier molecular flexibility index (Phi) is 5.66. The first kappa shape index (κ1) is 18.2. The van der Waals surface area contributed by atoms with Crippen LogP contribution in [0.5, 0.6) is 0 Å². The first-order valence-electron chi connectivity index (χ1n) is 8.81. The van der Waals surface area contributed by atoms with Gasteiger partial charge in [0.1, 0.15) is 0 Å². The zero-order valence-corrected chi connectivity index (χ0v) is 14.2. The minimum Gasteiger partial charge on any atom is -0.390 e. The van der Waals surface area contributed by atoms with E-state index in [0.717, 1.165) is 45.0 Å². The summed E-state index contributed by atoms with van der Waals surface area (Å²) < 4.78 is 26.3. The van der Waals surface area contributed by atoms with Gasteiger partial charge in [-0.15, -0.1) is 0 Å². The smallest absolute Gasteiger partial charge is 0.220 e. The fourth-order valence-electron chi connectivity index (χ4n) is 3.97. The molecule has 1 amide bonds. The zero-order chi connectivity index (χ0) is 18.0. The second-order valence-electron chi connectivity index (χ2n) is 7.12. The fourth-order valence-corrected chi connectivity index (χ4v) is 3.97. The molecule has 0 bridgehead atoms. The van der Waals surface area contributed by atoms with Gasteiger partial charge in [-0.25, -0.2) is 8.78 Å². The van der Waals surface area contributed by atoms with Crippen molar-refractivity contribution < 1.29 is 18.7 Å². The lowest BCUT2D eigenvalue weighted by Crippen LogP contribution is -2.56. The number of nitrogens with zero attached hydrogens (tertiary/aromatic N) is 2. The lowest BCUT2D eigenvalue weighted by Gasteiger charge is -2.44. The first-order chi connectivity index (χ1) is 11.9. The third-order valence-corrected chi connectivity index (χ3v) is 5.42. The van der Waals surface area contributed by atoms with Crippen molar-refractivity contribution in [2.24, 2.45) is 11.7 Å². The number of benzene rings is 1. The van der Waals surface area contributed by atoms with E-state index in [1.54, 1.807) is 6.07 Å². The molecule has 5 nitrogen and oxygen atoms in total. The molecular formula is C18H25F2N3O2. The number of rotatable bonds is 4. The number of β-amino-alcohol motifs (C(OH)–C–C–N with tert-alkyl or cyclic N) is 1. The number of aliphatic hydroxyl groups excluding tert-OH is 1. The van der Waals surface area contributed by atoms with Crippen LogP contribution in [0.2, 0.25) is 0 Å². The molecular weight excluding hydrogens is 328 g/mol. The van der Waals surface area contributed by atoms with Crippen LogP contribution in [0.1, 0.15) is 24.8 Å². The Hall–Kier alpha value is -1.57. The average molecular weight is 353 g/mol. The van der Waals surface area contributed by atoms with E-state index in [0.29, 0.717) is 18.7 Å². The van der Waals surface area contributed by atoms with Gasteiger partial charge in [0.2, 0.25) is 5.91 Å². The fraction of sp³-hybridized carbons (Fsp3) is 0.611. The topological polar surface area (TPSA) is 69.8 Å². The summed E-state index contributed by atoms with van der Waals surface area (Å²) in [7, 11) is 0. The minimum absolute atomic E-state index is 0.0538. The maximum atomic E-state index is 13.3. The molecule has 2 atom stereocenters. The highest BCUT2D eigenvalue weighted by Gasteiger charge is 2.34. The molecule has 2 saturated heterocycles. The van der Waals surface area contributed by atoms with E-state index in [9.17, 15) is 18.7 Å². The predicted molar refractivity (Wildman–Crippen MR) is 89.5 cm³/mol. The number of hydrogen-bond acceptors (Lipinski definition) is 4. The molecule has 1 aromatic carbocycles. The van der Waals surface area contributed by atoms with E-state index in [1.807, 2.05) is 0 Å². The second kappa shape index (κ2) is 7.76. The van der Waals surface area contributed by atoms with Gasteiger partial charge in [-0.05, 0) is 50.0 Å². The number of hydrogen-bond donors (Lipinski definition) is 2.